The summed E-state index contributed by atoms with van der Waals surface area (Å²) in [5.41, 5.74) is -0.232. The molecule has 0 saturated carbocycles. The van der Waals surface area contributed by atoms with Crippen LogP contribution >= 0.6 is 0 Å². The van der Waals surface area contributed by atoms with Crippen molar-refractivity contribution in [1.29, 1.82) is 0 Å². The molecular formula is C10H8O4-2. The van der Waals surface area contributed by atoms with Gasteiger partial charge in [-0.05, 0) is 19.9 Å². The summed E-state index contributed by atoms with van der Waals surface area (Å²) in [6.45, 7) is 2.43. The monoisotopic (exact) mass is 192 g/mol. The van der Waals surface area contributed by atoms with Gasteiger partial charge in [-0.15, -0.1) is 0 Å². The Labute approximate surface area is 80.8 Å². The molecule has 0 bridgehead atoms. The molecule has 0 saturated heterocycles. The van der Waals surface area contributed by atoms with E-state index < -0.39 is 23.1 Å². The number of carbonyl (C=O) groups is 2. The maximum atomic E-state index is 11.1. The van der Waals surface area contributed by atoms with Gasteiger partial charge in [-0.2, -0.15) is 0 Å². The Morgan fingerprint density at radius 3 is 1.57 bits per heavy atom. The van der Waals surface area contributed by atoms with Gasteiger partial charge >= 0.3 is 0 Å². The Morgan fingerprint density at radius 1 is 0.929 bits per heavy atom. The van der Waals surface area contributed by atoms with Crippen LogP contribution < -0.4 is 10.2 Å². The molecule has 0 aliphatic heterocycles. The largest absolute Gasteiger partial charge is 0.872 e. The van der Waals surface area contributed by atoms with Crippen molar-refractivity contribution < 1.29 is 19.8 Å². The first-order valence-corrected chi connectivity index (χ1v) is 3.97. The molecule has 0 aromatic heterocycles. The van der Waals surface area contributed by atoms with Crippen LogP contribution in [0, 0.1) is 0 Å². The molecule has 0 spiro atoms. The van der Waals surface area contributed by atoms with Gasteiger partial charge in [0, 0.05) is 11.1 Å². The Bertz CT molecular complexity index is 372. The van der Waals surface area contributed by atoms with Gasteiger partial charge in [-0.25, -0.2) is 0 Å². The molecule has 0 N–H and O–H groups in total. The molecule has 4 heteroatoms. The van der Waals surface area contributed by atoms with Crippen molar-refractivity contribution >= 4 is 11.6 Å². The van der Waals surface area contributed by atoms with Gasteiger partial charge in [0.05, 0.1) is 0 Å². The van der Waals surface area contributed by atoms with Crippen molar-refractivity contribution in [2.75, 3.05) is 0 Å². The lowest BCUT2D eigenvalue weighted by molar-refractivity contribution is -0.280. The number of ketones is 2. The van der Waals surface area contributed by atoms with Gasteiger partial charge in [0.25, 0.3) is 0 Å². The van der Waals surface area contributed by atoms with E-state index >= 15 is 0 Å². The number of hydrogen-bond acceptors (Lipinski definition) is 4. The minimum absolute atomic E-state index is 0.116. The normalized spacial score (nSPS) is 9.86. The predicted molar refractivity (Wildman–Crippen MR) is 45.3 cm³/mol. The van der Waals surface area contributed by atoms with Crippen LogP contribution in [0.2, 0.25) is 0 Å². The third kappa shape index (κ3) is 1.74. The molecule has 0 aliphatic rings. The highest BCUT2D eigenvalue weighted by Gasteiger charge is 2.06. The quantitative estimate of drug-likeness (QED) is 0.628. The lowest BCUT2D eigenvalue weighted by Gasteiger charge is -2.19. The standard InChI is InChI=1S/C10H10O4/c1-5(11)7-3-8(6(2)12)10(14)4-9(7)13/h3-4,13-14H,1-2H3/p-2. The van der Waals surface area contributed by atoms with E-state index in [2.05, 4.69) is 0 Å². The Morgan fingerprint density at radius 2 is 1.29 bits per heavy atom. The minimum atomic E-state index is -0.632. The molecule has 1 aromatic rings. The first-order chi connectivity index (χ1) is 6.43. The van der Waals surface area contributed by atoms with Crippen molar-refractivity contribution in [3.63, 3.8) is 0 Å². The Balaban J connectivity index is 3.42. The summed E-state index contributed by atoms with van der Waals surface area (Å²) in [5.74, 6) is -2.16. The lowest BCUT2D eigenvalue weighted by Crippen LogP contribution is -2.08. The van der Waals surface area contributed by atoms with Crippen molar-refractivity contribution in [2.24, 2.45) is 0 Å². The average molecular weight is 192 g/mol. The fourth-order valence-electron chi connectivity index (χ4n) is 1.11. The summed E-state index contributed by atoms with van der Waals surface area (Å²) in [6, 6.07) is 1.84. The minimum Gasteiger partial charge on any atom is -0.872 e. The molecule has 14 heavy (non-hydrogen) atoms. The molecule has 0 radical (unpaired) electrons. The van der Waals surface area contributed by atoms with Gasteiger partial charge in [-0.1, -0.05) is 17.6 Å². The molecule has 1 rings (SSSR count). The van der Waals surface area contributed by atoms with Crippen LogP contribution in [0.15, 0.2) is 12.1 Å². The van der Waals surface area contributed by atoms with Gasteiger partial charge < -0.3 is 10.2 Å². The molecule has 74 valence electrons. The Kier molecular flexibility index (Phi) is 2.56. The van der Waals surface area contributed by atoms with Crippen LogP contribution in [0.4, 0.5) is 0 Å². The van der Waals surface area contributed by atoms with Crippen molar-refractivity contribution in [1.82, 2.24) is 0 Å². The van der Waals surface area contributed by atoms with E-state index in [1.54, 1.807) is 0 Å². The number of rotatable bonds is 2. The Hall–Kier alpha value is -1.84. The molecular weight excluding hydrogens is 184 g/mol. The van der Waals surface area contributed by atoms with E-state index in [1.807, 2.05) is 0 Å². The van der Waals surface area contributed by atoms with Gasteiger partial charge in [0.15, 0.2) is 11.6 Å². The zero-order valence-electron chi connectivity index (χ0n) is 7.79. The SMILES string of the molecule is CC(=O)c1cc(C(C)=O)c([O-])cc1[O-]. The highest BCUT2D eigenvalue weighted by Crippen LogP contribution is 2.24. The zero-order valence-corrected chi connectivity index (χ0v) is 7.79. The second-order valence-corrected chi connectivity index (χ2v) is 2.96. The van der Waals surface area contributed by atoms with E-state index in [1.165, 1.54) is 13.8 Å². The summed E-state index contributed by atoms with van der Waals surface area (Å²) < 4.78 is 0. The summed E-state index contributed by atoms with van der Waals surface area (Å²) in [4.78, 5) is 21.9. The molecule has 4 nitrogen and oxygen atoms in total. The predicted octanol–water partition coefficient (Wildman–Crippen LogP) is 0.239. The van der Waals surface area contributed by atoms with E-state index in [0.29, 0.717) is 0 Å². The molecule has 0 unspecified atom stereocenters. The topological polar surface area (TPSA) is 80.3 Å². The van der Waals surface area contributed by atoms with Crippen molar-refractivity contribution in [3.05, 3.63) is 23.3 Å². The second-order valence-electron chi connectivity index (χ2n) is 2.96. The van der Waals surface area contributed by atoms with Crippen molar-refractivity contribution in [3.8, 4) is 11.5 Å². The molecule has 0 aliphatic carbocycles. The van der Waals surface area contributed by atoms with Crippen LogP contribution in [0.1, 0.15) is 34.6 Å². The number of hydrogen-bond donors (Lipinski definition) is 0. The summed E-state index contributed by atoms with van der Waals surface area (Å²) in [6.07, 6.45) is 0. The van der Waals surface area contributed by atoms with Crippen molar-refractivity contribution in [2.45, 2.75) is 13.8 Å². The van der Waals surface area contributed by atoms with E-state index in [-0.39, 0.29) is 11.1 Å². The van der Waals surface area contributed by atoms with E-state index in [4.69, 9.17) is 0 Å². The van der Waals surface area contributed by atoms with Gasteiger partial charge in [0.2, 0.25) is 0 Å². The highest BCUT2D eigenvalue weighted by atomic mass is 16.3. The summed E-state index contributed by atoms with van der Waals surface area (Å²) in [7, 11) is 0. The molecule has 0 amide bonds. The van der Waals surface area contributed by atoms with Gasteiger partial charge in [0.1, 0.15) is 0 Å². The molecule has 0 atom stereocenters. The van der Waals surface area contributed by atoms with Crippen LogP contribution in [-0.4, -0.2) is 11.6 Å². The first kappa shape index (κ1) is 10.2. The highest BCUT2D eigenvalue weighted by molar-refractivity contribution is 6.02. The van der Waals surface area contributed by atoms with Crippen LogP contribution in [0.25, 0.3) is 0 Å². The zero-order chi connectivity index (χ0) is 10.9. The second kappa shape index (κ2) is 3.49. The van der Waals surface area contributed by atoms with E-state index in [9.17, 15) is 19.8 Å². The molecule has 0 fully saturated rings. The maximum absolute atomic E-state index is 11.1. The maximum Gasteiger partial charge on any atom is 0.159 e. The first-order valence-electron chi connectivity index (χ1n) is 3.97. The van der Waals surface area contributed by atoms with Crippen LogP contribution in [0.5, 0.6) is 11.5 Å². The lowest BCUT2D eigenvalue weighted by atomic mass is 10.0. The summed E-state index contributed by atoms with van der Waals surface area (Å²) in [5, 5.41) is 22.2. The van der Waals surface area contributed by atoms with E-state index in [0.717, 1.165) is 12.1 Å². The fraction of sp³-hybridized carbons (Fsp3) is 0.200. The van der Waals surface area contributed by atoms with Crippen LogP contribution in [0.3, 0.4) is 0 Å². The third-order valence-corrected chi connectivity index (χ3v) is 1.84. The number of Topliss-reactive ketones (excluding diaryl/α,β-unsaturated/α-hetero) is 2. The van der Waals surface area contributed by atoms with Crippen LogP contribution in [-0.2, 0) is 0 Å². The smallest absolute Gasteiger partial charge is 0.159 e. The third-order valence-electron chi connectivity index (χ3n) is 1.84. The average Bonchev–Trinajstić information content (AvgIpc) is 2.02. The number of carbonyl (C=O) groups excluding carboxylic acids is 2. The van der Waals surface area contributed by atoms with Gasteiger partial charge in [-0.3, -0.25) is 9.59 Å². The molecule has 1 aromatic carbocycles. The number of benzene rings is 1. The fourth-order valence-corrected chi connectivity index (χ4v) is 1.11. The summed E-state index contributed by atoms with van der Waals surface area (Å²) >= 11 is 0. The molecule has 0 heterocycles.